The zero-order valence-electron chi connectivity index (χ0n) is 18.4. The molecule has 0 saturated carbocycles. The summed E-state index contributed by atoms with van der Waals surface area (Å²) < 4.78 is 31.0. The molecule has 1 aliphatic heterocycles. The summed E-state index contributed by atoms with van der Waals surface area (Å²) in [7, 11) is 1.71. The third-order valence-corrected chi connectivity index (χ3v) is 4.99. The molecule has 32 heavy (non-hydrogen) atoms. The number of aliphatic imine (C=N–C) groups is 1. The highest BCUT2D eigenvalue weighted by Gasteiger charge is 2.13. The Bertz CT molecular complexity index is 820. The maximum Gasteiger partial charge on any atom is 0.191 e. The number of aromatic nitrogens is 1. The number of benzene rings is 1. The predicted octanol–water partition coefficient (Wildman–Crippen LogP) is 4.13. The van der Waals surface area contributed by atoms with Crippen molar-refractivity contribution in [1.82, 2.24) is 15.6 Å². The number of guanidine groups is 1. The van der Waals surface area contributed by atoms with Gasteiger partial charge in [-0.15, -0.1) is 24.0 Å². The van der Waals surface area contributed by atoms with Crippen LogP contribution in [0.5, 0.6) is 11.5 Å². The van der Waals surface area contributed by atoms with Crippen molar-refractivity contribution in [3.63, 3.8) is 0 Å². The van der Waals surface area contributed by atoms with E-state index in [2.05, 4.69) is 20.6 Å². The molecule has 1 saturated heterocycles. The van der Waals surface area contributed by atoms with Crippen LogP contribution in [0.25, 0.3) is 0 Å². The Morgan fingerprint density at radius 3 is 2.81 bits per heavy atom. The van der Waals surface area contributed by atoms with Crippen LogP contribution in [0, 0.1) is 11.7 Å². The lowest BCUT2D eigenvalue weighted by atomic mass is 10.0. The van der Waals surface area contributed by atoms with Crippen LogP contribution in [-0.2, 0) is 16.0 Å². The molecular formula is C23H32FIN4O3. The van der Waals surface area contributed by atoms with E-state index in [4.69, 9.17) is 14.2 Å². The van der Waals surface area contributed by atoms with Crippen LogP contribution >= 0.6 is 24.0 Å². The van der Waals surface area contributed by atoms with Gasteiger partial charge in [0, 0.05) is 52.8 Å². The van der Waals surface area contributed by atoms with Crippen LogP contribution in [0.15, 0.2) is 47.7 Å². The molecule has 1 fully saturated rings. The summed E-state index contributed by atoms with van der Waals surface area (Å²) in [6, 6.07) is 8.36. The van der Waals surface area contributed by atoms with Gasteiger partial charge in [0.05, 0.1) is 6.20 Å². The van der Waals surface area contributed by atoms with Gasteiger partial charge in [-0.1, -0.05) is 6.07 Å². The van der Waals surface area contributed by atoms with Gasteiger partial charge in [0.2, 0.25) is 0 Å². The van der Waals surface area contributed by atoms with Gasteiger partial charge in [-0.2, -0.15) is 0 Å². The Morgan fingerprint density at radius 2 is 2.09 bits per heavy atom. The number of halogens is 2. The van der Waals surface area contributed by atoms with Gasteiger partial charge in [0.25, 0.3) is 0 Å². The maximum atomic E-state index is 14.4. The van der Waals surface area contributed by atoms with E-state index in [0.717, 1.165) is 51.2 Å². The minimum Gasteiger partial charge on any atom is -0.453 e. The topological polar surface area (TPSA) is 77.0 Å². The van der Waals surface area contributed by atoms with E-state index in [0.29, 0.717) is 30.8 Å². The number of rotatable bonds is 10. The molecule has 1 aromatic carbocycles. The molecule has 0 atom stereocenters. The van der Waals surface area contributed by atoms with Crippen LogP contribution in [-0.4, -0.2) is 51.0 Å². The van der Waals surface area contributed by atoms with Crippen molar-refractivity contribution in [2.24, 2.45) is 10.9 Å². The number of pyridine rings is 1. The summed E-state index contributed by atoms with van der Waals surface area (Å²) in [5.41, 5.74) is 0.791. The highest BCUT2D eigenvalue weighted by molar-refractivity contribution is 14.0. The van der Waals surface area contributed by atoms with Gasteiger partial charge < -0.3 is 24.8 Å². The smallest absolute Gasteiger partial charge is 0.191 e. The van der Waals surface area contributed by atoms with Crippen LogP contribution in [0.2, 0.25) is 0 Å². The van der Waals surface area contributed by atoms with Crippen molar-refractivity contribution >= 4 is 29.9 Å². The van der Waals surface area contributed by atoms with Gasteiger partial charge in [0.15, 0.2) is 17.5 Å². The molecule has 176 valence electrons. The monoisotopic (exact) mass is 558 g/mol. The fraction of sp³-hybridized carbons (Fsp3) is 0.478. The molecule has 2 N–H and O–H groups in total. The van der Waals surface area contributed by atoms with Crippen molar-refractivity contribution in [2.45, 2.75) is 25.8 Å². The first-order chi connectivity index (χ1) is 15.2. The van der Waals surface area contributed by atoms with Crippen molar-refractivity contribution < 1.29 is 18.6 Å². The third kappa shape index (κ3) is 9.25. The summed E-state index contributed by atoms with van der Waals surface area (Å²) in [6.45, 7) is 4.42. The minimum absolute atomic E-state index is 0. The van der Waals surface area contributed by atoms with Gasteiger partial charge in [-0.05, 0) is 55.0 Å². The molecule has 0 radical (unpaired) electrons. The average Bonchev–Trinajstić information content (AvgIpc) is 2.81. The molecule has 2 heterocycles. The molecule has 2 aromatic rings. The Kier molecular flexibility index (Phi) is 12.3. The van der Waals surface area contributed by atoms with Crippen molar-refractivity contribution in [3.05, 3.63) is 54.1 Å². The summed E-state index contributed by atoms with van der Waals surface area (Å²) >= 11 is 0. The van der Waals surface area contributed by atoms with E-state index in [1.807, 2.05) is 6.07 Å². The number of nitrogens with one attached hydrogen (secondary N) is 2. The molecule has 0 aliphatic carbocycles. The van der Waals surface area contributed by atoms with Gasteiger partial charge in [-0.3, -0.25) is 9.98 Å². The zero-order valence-corrected chi connectivity index (χ0v) is 20.7. The Labute approximate surface area is 206 Å². The number of ether oxygens (including phenoxy) is 3. The second kappa shape index (κ2) is 15.0. The summed E-state index contributed by atoms with van der Waals surface area (Å²) in [4.78, 5) is 8.16. The van der Waals surface area contributed by atoms with Crippen molar-refractivity contribution in [1.29, 1.82) is 0 Å². The lowest BCUT2D eigenvalue weighted by Gasteiger charge is -2.21. The Hall–Kier alpha value is -1.98. The lowest BCUT2D eigenvalue weighted by molar-refractivity contribution is 0.0203. The van der Waals surface area contributed by atoms with Crippen molar-refractivity contribution in [2.75, 3.05) is 40.0 Å². The average molecular weight is 558 g/mol. The molecule has 3 rings (SSSR count). The van der Waals surface area contributed by atoms with Gasteiger partial charge in [0.1, 0.15) is 5.75 Å². The van der Waals surface area contributed by atoms with E-state index < -0.39 is 5.82 Å². The van der Waals surface area contributed by atoms with E-state index >= 15 is 0 Å². The third-order valence-electron chi connectivity index (χ3n) is 4.99. The molecule has 1 aromatic heterocycles. The second-order valence-corrected chi connectivity index (χ2v) is 7.39. The summed E-state index contributed by atoms with van der Waals surface area (Å²) in [5.74, 6) is 1.53. The molecule has 9 heteroatoms. The fourth-order valence-corrected chi connectivity index (χ4v) is 3.22. The molecule has 0 bridgehead atoms. The van der Waals surface area contributed by atoms with E-state index in [1.165, 1.54) is 6.07 Å². The van der Waals surface area contributed by atoms with E-state index in [1.54, 1.807) is 37.6 Å². The number of hydrogen-bond acceptors (Lipinski definition) is 5. The van der Waals surface area contributed by atoms with E-state index in [9.17, 15) is 4.39 Å². The zero-order chi connectivity index (χ0) is 21.7. The fourth-order valence-electron chi connectivity index (χ4n) is 3.22. The predicted molar refractivity (Wildman–Crippen MR) is 133 cm³/mol. The first-order valence-corrected chi connectivity index (χ1v) is 10.7. The highest BCUT2D eigenvalue weighted by Crippen LogP contribution is 2.24. The quantitative estimate of drug-likeness (QED) is 0.198. The highest BCUT2D eigenvalue weighted by atomic mass is 127. The Morgan fingerprint density at radius 1 is 1.25 bits per heavy atom. The van der Waals surface area contributed by atoms with Crippen molar-refractivity contribution in [3.8, 4) is 11.5 Å². The molecule has 7 nitrogen and oxygen atoms in total. The SMILES string of the molecule is CN=C(NCCCOCC1CCOCC1)NCc1ccc(Oc2cccnc2)c(F)c1.I. The summed E-state index contributed by atoms with van der Waals surface area (Å²) in [5, 5.41) is 6.44. The lowest BCUT2D eigenvalue weighted by Crippen LogP contribution is -2.37. The largest absolute Gasteiger partial charge is 0.453 e. The number of hydrogen-bond donors (Lipinski definition) is 2. The summed E-state index contributed by atoms with van der Waals surface area (Å²) in [6.07, 6.45) is 6.25. The van der Waals surface area contributed by atoms with Crippen LogP contribution < -0.4 is 15.4 Å². The number of nitrogens with zero attached hydrogens (tertiary/aromatic N) is 2. The van der Waals surface area contributed by atoms with Crippen LogP contribution in [0.3, 0.4) is 0 Å². The Balaban J connectivity index is 0.00000363. The maximum absolute atomic E-state index is 14.4. The van der Waals surface area contributed by atoms with Crippen LogP contribution in [0.1, 0.15) is 24.8 Å². The van der Waals surface area contributed by atoms with Gasteiger partial charge in [-0.25, -0.2) is 4.39 Å². The first-order valence-electron chi connectivity index (χ1n) is 10.7. The minimum atomic E-state index is -0.423. The molecular weight excluding hydrogens is 526 g/mol. The normalized spacial score (nSPS) is 14.5. The van der Waals surface area contributed by atoms with Crippen LogP contribution in [0.4, 0.5) is 4.39 Å². The molecule has 0 amide bonds. The molecule has 0 spiro atoms. The molecule has 1 aliphatic rings. The first kappa shape index (κ1) is 26.3. The standard InChI is InChI=1S/C23H31FN4O3.HI/c1-25-23(27-10-3-11-30-17-18-7-12-29-13-8-18)28-15-19-5-6-22(21(24)14-19)31-20-4-2-9-26-16-20;/h2,4-6,9,14,16,18H,3,7-8,10-13,15,17H2,1H3,(H2,25,27,28);1H. The van der Waals surface area contributed by atoms with E-state index in [-0.39, 0.29) is 29.7 Å². The van der Waals surface area contributed by atoms with Gasteiger partial charge >= 0.3 is 0 Å². The molecule has 0 unspecified atom stereocenters. The second-order valence-electron chi connectivity index (χ2n) is 7.39.